The molecule has 0 bridgehead atoms. The highest BCUT2D eigenvalue weighted by Gasteiger charge is 2.05. The Morgan fingerprint density at radius 2 is 1.86 bits per heavy atom. The minimum Gasteiger partial charge on any atom is -0.494 e. The second kappa shape index (κ2) is 7.06. The van der Waals surface area contributed by atoms with Gasteiger partial charge in [-0.2, -0.15) is 5.26 Å². The predicted molar refractivity (Wildman–Crippen MR) is 90.0 cm³/mol. The summed E-state index contributed by atoms with van der Waals surface area (Å²) in [6, 6.07) is 18.4. The van der Waals surface area contributed by atoms with Crippen molar-refractivity contribution in [1.82, 2.24) is 4.98 Å². The van der Waals surface area contributed by atoms with Crippen molar-refractivity contribution in [3.63, 3.8) is 0 Å². The summed E-state index contributed by atoms with van der Waals surface area (Å²) in [5.74, 6) is 0.863. The van der Waals surface area contributed by atoms with E-state index in [4.69, 9.17) is 10.00 Å². The standard InChI is InChI=1S/C18H16N2OS/c19-12-4-1-5-13-21-15-10-8-14(9-11-15)18-20-16-6-2-3-7-17(16)22-18/h2-3,6-11H,1,4-5,13H2. The molecular formula is C18H16N2OS. The van der Waals surface area contributed by atoms with Gasteiger partial charge in [0.15, 0.2) is 0 Å². The van der Waals surface area contributed by atoms with Crippen LogP contribution >= 0.6 is 11.3 Å². The molecule has 110 valence electrons. The van der Waals surface area contributed by atoms with Crippen LogP contribution in [0.2, 0.25) is 0 Å². The molecule has 0 N–H and O–H groups in total. The average Bonchev–Trinajstić information content (AvgIpc) is 2.99. The second-order valence-corrected chi connectivity index (χ2v) is 6.01. The number of hydrogen-bond donors (Lipinski definition) is 0. The zero-order valence-electron chi connectivity index (χ0n) is 12.2. The maximum absolute atomic E-state index is 8.48. The molecule has 0 fully saturated rings. The van der Waals surface area contributed by atoms with Gasteiger partial charge in [-0.1, -0.05) is 12.1 Å². The Morgan fingerprint density at radius 1 is 1.05 bits per heavy atom. The molecule has 2 aromatic carbocycles. The van der Waals surface area contributed by atoms with Crippen LogP contribution in [0.1, 0.15) is 19.3 Å². The van der Waals surface area contributed by atoms with Crippen molar-refractivity contribution in [1.29, 1.82) is 5.26 Å². The number of aromatic nitrogens is 1. The van der Waals surface area contributed by atoms with E-state index in [2.05, 4.69) is 17.1 Å². The van der Waals surface area contributed by atoms with Crippen LogP contribution in [0.4, 0.5) is 0 Å². The summed E-state index contributed by atoms with van der Waals surface area (Å²) in [5, 5.41) is 9.51. The fourth-order valence-electron chi connectivity index (χ4n) is 2.19. The van der Waals surface area contributed by atoms with Crippen LogP contribution in [0.25, 0.3) is 20.8 Å². The molecule has 3 nitrogen and oxygen atoms in total. The Kier molecular flexibility index (Phi) is 4.67. The lowest BCUT2D eigenvalue weighted by molar-refractivity contribution is 0.307. The first-order valence-electron chi connectivity index (χ1n) is 7.32. The van der Waals surface area contributed by atoms with Gasteiger partial charge in [0.1, 0.15) is 10.8 Å². The van der Waals surface area contributed by atoms with Crippen molar-refractivity contribution in [3.8, 4) is 22.4 Å². The molecule has 4 heteroatoms. The molecule has 0 aliphatic heterocycles. The molecule has 3 aromatic rings. The van der Waals surface area contributed by atoms with Crippen molar-refractivity contribution in [3.05, 3.63) is 48.5 Å². The van der Waals surface area contributed by atoms with Gasteiger partial charge >= 0.3 is 0 Å². The summed E-state index contributed by atoms with van der Waals surface area (Å²) in [6.07, 6.45) is 2.40. The van der Waals surface area contributed by atoms with Crippen molar-refractivity contribution < 1.29 is 4.74 Å². The Hall–Kier alpha value is -2.38. The number of rotatable bonds is 6. The van der Waals surface area contributed by atoms with Gasteiger partial charge < -0.3 is 4.74 Å². The van der Waals surface area contributed by atoms with E-state index in [1.165, 1.54) is 4.70 Å². The first-order valence-corrected chi connectivity index (χ1v) is 8.14. The third-order valence-electron chi connectivity index (χ3n) is 3.35. The number of para-hydroxylation sites is 1. The summed E-state index contributed by atoms with van der Waals surface area (Å²) in [6.45, 7) is 0.655. The third-order valence-corrected chi connectivity index (χ3v) is 4.43. The number of unbranched alkanes of at least 4 members (excludes halogenated alkanes) is 2. The quantitative estimate of drug-likeness (QED) is 0.599. The monoisotopic (exact) mass is 308 g/mol. The van der Waals surface area contributed by atoms with Crippen LogP contribution in [-0.4, -0.2) is 11.6 Å². The molecule has 22 heavy (non-hydrogen) atoms. The molecule has 0 amide bonds. The zero-order valence-corrected chi connectivity index (χ0v) is 13.0. The van der Waals surface area contributed by atoms with Gasteiger partial charge in [-0.3, -0.25) is 0 Å². The molecule has 0 saturated carbocycles. The highest BCUT2D eigenvalue weighted by molar-refractivity contribution is 7.21. The summed E-state index contributed by atoms with van der Waals surface area (Å²) < 4.78 is 6.88. The van der Waals surface area contributed by atoms with Crippen molar-refractivity contribution in [2.75, 3.05) is 6.61 Å². The number of ether oxygens (including phenoxy) is 1. The minimum absolute atomic E-state index is 0.597. The van der Waals surface area contributed by atoms with E-state index >= 15 is 0 Å². The number of hydrogen-bond acceptors (Lipinski definition) is 4. The topological polar surface area (TPSA) is 45.9 Å². The predicted octanol–water partition coefficient (Wildman–Crippen LogP) is 5.04. The maximum atomic E-state index is 8.48. The smallest absolute Gasteiger partial charge is 0.124 e. The normalized spacial score (nSPS) is 10.5. The van der Waals surface area contributed by atoms with Crippen molar-refractivity contribution >= 4 is 21.6 Å². The van der Waals surface area contributed by atoms with Gasteiger partial charge in [-0.15, -0.1) is 11.3 Å². The molecule has 1 aromatic heterocycles. The maximum Gasteiger partial charge on any atom is 0.124 e. The second-order valence-electron chi connectivity index (χ2n) is 4.97. The molecular weight excluding hydrogens is 292 g/mol. The van der Waals surface area contributed by atoms with E-state index in [0.717, 1.165) is 34.7 Å². The van der Waals surface area contributed by atoms with E-state index in [1.54, 1.807) is 11.3 Å². The van der Waals surface area contributed by atoms with E-state index in [0.29, 0.717) is 13.0 Å². The Labute approximate surface area is 133 Å². The minimum atomic E-state index is 0.597. The van der Waals surface area contributed by atoms with Crippen molar-refractivity contribution in [2.45, 2.75) is 19.3 Å². The van der Waals surface area contributed by atoms with E-state index in [9.17, 15) is 0 Å². The van der Waals surface area contributed by atoms with Crippen LogP contribution in [0.15, 0.2) is 48.5 Å². The van der Waals surface area contributed by atoms with Crippen LogP contribution in [0.3, 0.4) is 0 Å². The summed E-state index contributed by atoms with van der Waals surface area (Å²) >= 11 is 1.70. The summed E-state index contributed by atoms with van der Waals surface area (Å²) in [4.78, 5) is 4.66. The van der Waals surface area contributed by atoms with E-state index in [1.807, 2.05) is 42.5 Å². The summed E-state index contributed by atoms with van der Waals surface area (Å²) in [7, 11) is 0. The van der Waals surface area contributed by atoms with Gasteiger partial charge in [0.2, 0.25) is 0 Å². The number of nitrogens with zero attached hydrogens (tertiary/aromatic N) is 2. The number of nitriles is 1. The molecule has 0 spiro atoms. The van der Waals surface area contributed by atoms with Crippen molar-refractivity contribution in [2.24, 2.45) is 0 Å². The molecule has 0 aliphatic rings. The van der Waals surface area contributed by atoms with E-state index < -0.39 is 0 Å². The van der Waals surface area contributed by atoms with Gasteiger partial charge in [-0.25, -0.2) is 4.98 Å². The highest BCUT2D eigenvalue weighted by Crippen LogP contribution is 2.30. The average molecular weight is 308 g/mol. The Bertz CT molecular complexity index is 754. The lowest BCUT2D eigenvalue weighted by Gasteiger charge is -2.05. The Balaban J connectivity index is 1.65. The third kappa shape index (κ3) is 3.44. The SMILES string of the molecule is N#CCCCCOc1ccc(-c2nc3ccccc3s2)cc1. The first-order chi connectivity index (χ1) is 10.9. The largest absolute Gasteiger partial charge is 0.494 e. The lowest BCUT2D eigenvalue weighted by atomic mass is 10.2. The van der Waals surface area contributed by atoms with Crippen LogP contribution in [0, 0.1) is 11.3 Å². The Morgan fingerprint density at radius 3 is 2.64 bits per heavy atom. The van der Waals surface area contributed by atoms with Gasteiger partial charge in [0, 0.05) is 12.0 Å². The number of fused-ring (bicyclic) bond motifs is 1. The van der Waals surface area contributed by atoms with Gasteiger partial charge in [-0.05, 0) is 49.2 Å². The molecule has 1 heterocycles. The molecule has 3 rings (SSSR count). The molecule has 0 aliphatic carbocycles. The number of thiazole rings is 1. The first kappa shape index (κ1) is 14.6. The van der Waals surface area contributed by atoms with E-state index in [-0.39, 0.29) is 0 Å². The highest BCUT2D eigenvalue weighted by atomic mass is 32.1. The zero-order chi connectivity index (χ0) is 15.2. The number of benzene rings is 2. The lowest BCUT2D eigenvalue weighted by Crippen LogP contribution is -1.96. The molecule has 0 radical (unpaired) electrons. The molecule has 0 saturated heterocycles. The van der Waals surface area contributed by atoms with Crippen LogP contribution < -0.4 is 4.74 Å². The summed E-state index contributed by atoms with van der Waals surface area (Å²) in [5.41, 5.74) is 2.15. The van der Waals surface area contributed by atoms with Crippen LogP contribution in [-0.2, 0) is 0 Å². The van der Waals surface area contributed by atoms with Gasteiger partial charge in [0.05, 0.1) is 22.9 Å². The molecule has 0 unspecified atom stereocenters. The van der Waals surface area contributed by atoms with Crippen LogP contribution in [0.5, 0.6) is 5.75 Å². The fraction of sp³-hybridized carbons (Fsp3) is 0.222. The molecule has 0 atom stereocenters. The fourth-order valence-corrected chi connectivity index (χ4v) is 3.16. The van der Waals surface area contributed by atoms with Gasteiger partial charge in [0.25, 0.3) is 0 Å².